The molecule has 1 fully saturated rings. The van der Waals surface area contributed by atoms with Gasteiger partial charge < -0.3 is 9.80 Å². The molecule has 26 heavy (non-hydrogen) atoms. The van der Waals surface area contributed by atoms with Crippen LogP contribution in [0.3, 0.4) is 0 Å². The average molecular weight is 351 g/mol. The van der Waals surface area contributed by atoms with E-state index in [1.54, 1.807) is 0 Å². The maximum Gasteiger partial charge on any atom is 0.158 e. The Morgan fingerprint density at radius 1 is 1.00 bits per heavy atom. The summed E-state index contributed by atoms with van der Waals surface area (Å²) in [6.07, 6.45) is 1.85. The molecule has 7 heteroatoms. The Kier molecular flexibility index (Phi) is 4.22. The van der Waals surface area contributed by atoms with Crippen molar-refractivity contribution in [3.05, 3.63) is 35.9 Å². The van der Waals surface area contributed by atoms with Crippen LogP contribution < -0.4 is 9.80 Å². The Morgan fingerprint density at radius 2 is 1.73 bits per heavy atom. The first kappa shape index (κ1) is 16.8. The minimum atomic E-state index is 0.285. The molecule has 0 bridgehead atoms. The second-order valence-corrected chi connectivity index (χ2v) is 7.13. The van der Waals surface area contributed by atoms with Gasteiger partial charge in [-0.1, -0.05) is 19.9 Å². The zero-order chi connectivity index (χ0) is 18.3. The van der Waals surface area contributed by atoms with Crippen LogP contribution in [0.1, 0.15) is 31.3 Å². The second kappa shape index (κ2) is 6.55. The fraction of sp³-hybridized carbons (Fsp3) is 0.474. The smallest absolute Gasteiger partial charge is 0.158 e. The van der Waals surface area contributed by atoms with E-state index < -0.39 is 0 Å². The molecule has 136 valence electrons. The van der Waals surface area contributed by atoms with Crippen molar-refractivity contribution >= 4 is 22.7 Å². The van der Waals surface area contributed by atoms with E-state index in [0.717, 1.165) is 60.4 Å². The summed E-state index contributed by atoms with van der Waals surface area (Å²) in [5, 5.41) is 4.58. The highest BCUT2D eigenvalue weighted by Gasteiger charge is 2.24. The number of hydrogen-bond acceptors (Lipinski definition) is 6. The van der Waals surface area contributed by atoms with Gasteiger partial charge in [-0.05, 0) is 19.1 Å². The minimum Gasteiger partial charge on any atom is -0.353 e. The van der Waals surface area contributed by atoms with Crippen LogP contribution in [-0.4, -0.2) is 50.9 Å². The molecule has 1 saturated heterocycles. The summed E-state index contributed by atoms with van der Waals surface area (Å²) in [5.41, 5.74) is 2.95. The third kappa shape index (κ3) is 2.87. The lowest BCUT2D eigenvalue weighted by atomic mass is 10.2. The maximum atomic E-state index is 4.92. The lowest BCUT2D eigenvalue weighted by Gasteiger charge is -2.36. The number of fused-ring (bicyclic) bond motifs is 1. The van der Waals surface area contributed by atoms with Gasteiger partial charge in [0.05, 0.1) is 5.69 Å². The Labute approximate surface area is 153 Å². The van der Waals surface area contributed by atoms with E-state index >= 15 is 0 Å². The highest BCUT2D eigenvalue weighted by molar-refractivity contribution is 5.88. The first-order valence-corrected chi connectivity index (χ1v) is 9.16. The van der Waals surface area contributed by atoms with Crippen LogP contribution in [-0.2, 0) is 7.05 Å². The maximum absolute atomic E-state index is 4.92. The number of hydrogen-bond donors (Lipinski definition) is 0. The molecule has 7 nitrogen and oxygen atoms in total. The van der Waals surface area contributed by atoms with Crippen molar-refractivity contribution in [3.63, 3.8) is 0 Å². The number of aromatic nitrogens is 5. The highest BCUT2D eigenvalue weighted by atomic mass is 15.3. The van der Waals surface area contributed by atoms with E-state index in [-0.39, 0.29) is 5.92 Å². The van der Waals surface area contributed by atoms with Crippen LogP contribution >= 0.6 is 0 Å². The molecule has 3 aromatic heterocycles. The van der Waals surface area contributed by atoms with E-state index in [2.05, 4.69) is 39.8 Å². The summed E-state index contributed by atoms with van der Waals surface area (Å²) < 4.78 is 1.91. The molecular formula is C19H25N7. The van der Waals surface area contributed by atoms with Crippen molar-refractivity contribution in [2.75, 3.05) is 36.0 Å². The van der Waals surface area contributed by atoms with Gasteiger partial charge in [0.25, 0.3) is 0 Å². The Balaban J connectivity index is 1.67. The van der Waals surface area contributed by atoms with Gasteiger partial charge in [0.15, 0.2) is 5.82 Å². The summed E-state index contributed by atoms with van der Waals surface area (Å²) in [7, 11) is 1.97. The average Bonchev–Trinajstić information content (AvgIpc) is 2.96. The van der Waals surface area contributed by atoms with E-state index in [1.165, 1.54) is 0 Å². The fourth-order valence-electron chi connectivity index (χ4n) is 3.50. The lowest BCUT2D eigenvalue weighted by Crippen LogP contribution is -2.47. The van der Waals surface area contributed by atoms with Crippen LogP contribution in [0.4, 0.5) is 11.6 Å². The van der Waals surface area contributed by atoms with Crippen LogP contribution in [0.25, 0.3) is 11.0 Å². The quantitative estimate of drug-likeness (QED) is 0.722. The van der Waals surface area contributed by atoms with Crippen molar-refractivity contribution in [3.8, 4) is 0 Å². The molecule has 0 unspecified atom stereocenters. The molecule has 0 amide bonds. The van der Waals surface area contributed by atoms with E-state index in [9.17, 15) is 0 Å². The van der Waals surface area contributed by atoms with Crippen LogP contribution in [0.2, 0.25) is 0 Å². The summed E-state index contributed by atoms with van der Waals surface area (Å²) in [4.78, 5) is 18.8. The van der Waals surface area contributed by atoms with Gasteiger partial charge in [-0.25, -0.2) is 15.0 Å². The second-order valence-electron chi connectivity index (χ2n) is 7.13. The van der Waals surface area contributed by atoms with Crippen LogP contribution in [0, 0.1) is 6.92 Å². The van der Waals surface area contributed by atoms with Crippen LogP contribution in [0.5, 0.6) is 0 Å². The highest BCUT2D eigenvalue weighted by Crippen LogP contribution is 2.28. The Hall–Kier alpha value is -2.70. The monoisotopic (exact) mass is 351 g/mol. The van der Waals surface area contributed by atoms with Gasteiger partial charge in [-0.15, -0.1) is 0 Å². The summed E-state index contributed by atoms with van der Waals surface area (Å²) in [6, 6.07) is 6.06. The third-order valence-corrected chi connectivity index (χ3v) is 4.92. The third-order valence-electron chi connectivity index (χ3n) is 4.92. The zero-order valence-electron chi connectivity index (χ0n) is 15.8. The van der Waals surface area contributed by atoms with E-state index in [0.29, 0.717) is 0 Å². The normalized spacial score (nSPS) is 15.3. The molecule has 0 aromatic carbocycles. The molecule has 0 spiro atoms. The molecule has 3 aromatic rings. The van der Waals surface area contributed by atoms with Crippen molar-refractivity contribution < 1.29 is 0 Å². The molecule has 4 rings (SSSR count). The topological polar surface area (TPSA) is 63.0 Å². The summed E-state index contributed by atoms with van der Waals surface area (Å²) >= 11 is 0. The number of anilines is 2. The van der Waals surface area contributed by atoms with Crippen molar-refractivity contribution in [1.82, 2.24) is 24.7 Å². The van der Waals surface area contributed by atoms with Crippen molar-refractivity contribution in [1.29, 1.82) is 0 Å². The number of aryl methyl sites for hydroxylation is 2. The van der Waals surface area contributed by atoms with Crippen LogP contribution in [0.15, 0.2) is 24.4 Å². The molecule has 1 aliphatic rings. The molecule has 0 aliphatic carbocycles. The van der Waals surface area contributed by atoms with Crippen molar-refractivity contribution in [2.24, 2.45) is 7.05 Å². The van der Waals surface area contributed by atoms with Gasteiger partial charge in [0, 0.05) is 45.3 Å². The van der Waals surface area contributed by atoms with Gasteiger partial charge in [-0.2, -0.15) is 5.10 Å². The number of rotatable bonds is 3. The predicted octanol–water partition coefficient (Wildman–Crippen LogP) is 2.52. The molecule has 4 heterocycles. The molecule has 0 radical (unpaired) electrons. The zero-order valence-corrected chi connectivity index (χ0v) is 15.8. The number of nitrogens with zero attached hydrogens (tertiary/aromatic N) is 7. The summed E-state index contributed by atoms with van der Waals surface area (Å²) in [5.74, 6) is 3.21. The molecule has 0 N–H and O–H groups in total. The molecular weight excluding hydrogens is 326 g/mol. The first-order valence-electron chi connectivity index (χ1n) is 9.16. The number of piperazine rings is 1. The minimum absolute atomic E-state index is 0.285. The molecule has 1 aliphatic heterocycles. The molecule has 0 saturated carbocycles. The van der Waals surface area contributed by atoms with Gasteiger partial charge in [0.1, 0.15) is 22.7 Å². The first-order chi connectivity index (χ1) is 12.5. The predicted molar refractivity (Wildman–Crippen MR) is 104 cm³/mol. The molecule has 0 atom stereocenters. The Bertz CT molecular complexity index is 909. The van der Waals surface area contributed by atoms with Gasteiger partial charge in [0.2, 0.25) is 0 Å². The van der Waals surface area contributed by atoms with Gasteiger partial charge in [-0.3, -0.25) is 4.68 Å². The SMILES string of the molecule is Cc1nn(C)c2c(N3CCN(c4ccccn4)CC3)nc(C(C)C)nc12. The lowest BCUT2D eigenvalue weighted by molar-refractivity contribution is 0.637. The fourth-order valence-corrected chi connectivity index (χ4v) is 3.50. The largest absolute Gasteiger partial charge is 0.353 e. The number of pyridine rings is 1. The van der Waals surface area contributed by atoms with Gasteiger partial charge >= 0.3 is 0 Å². The summed E-state index contributed by atoms with van der Waals surface area (Å²) in [6.45, 7) is 9.95. The Morgan fingerprint density at radius 3 is 2.38 bits per heavy atom. The van der Waals surface area contributed by atoms with E-state index in [4.69, 9.17) is 9.97 Å². The van der Waals surface area contributed by atoms with E-state index in [1.807, 2.05) is 37.0 Å². The standard InChI is InChI=1S/C19H25N7/c1-13(2)18-21-16-14(3)23-24(4)17(16)19(22-18)26-11-9-25(10-12-26)15-7-5-6-8-20-15/h5-8,13H,9-12H2,1-4H3. The van der Waals surface area contributed by atoms with Crippen molar-refractivity contribution in [2.45, 2.75) is 26.7 Å².